The maximum atomic E-state index is 13.6. The van der Waals surface area contributed by atoms with E-state index < -0.39 is 29.2 Å². The second-order valence-electron chi connectivity index (χ2n) is 15.5. The number of nitrogens with two attached hydrogens (primary N) is 1. The summed E-state index contributed by atoms with van der Waals surface area (Å²) in [5, 5.41) is 12.1. The number of hydrogen-bond donors (Lipinski definition) is 2. The van der Waals surface area contributed by atoms with Crippen molar-refractivity contribution < 1.29 is 70.1 Å². The summed E-state index contributed by atoms with van der Waals surface area (Å²) >= 11 is 6.36. The van der Waals surface area contributed by atoms with Crippen LogP contribution in [0.5, 0.6) is 5.75 Å². The van der Waals surface area contributed by atoms with Gasteiger partial charge in [0.25, 0.3) is 0 Å². The number of nitrogens with zero attached hydrogens (tertiary/aromatic N) is 7. The lowest BCUT2D eigenvalue weighted by atomic mass is 10.1. The molecular weight excluding hydrogens is 939 g/mol. The average molecular weight is 1000 g/mol. The van der Waals surface area contributed by atoms with Crippen molar-refractivity contribution in [2.24, 2.45) is 21.9 Å². The minimum absolute atomic E-state index is 0.0324. The van der Waals surface area contributed by atoms with Crippen LogP contribution in [0.25, 0.3) is 11.0 Å². The molecule has 2 fully saturated rings. The van der Waals surface area contributed by atoms with Crippen LogP contribution in [0.2, 0.25) is 5.28 Å². The highest BCUT2D eigenvalue weighted by molar-refractivity contribution is 6.31. The molecule has 0 spiro atoms. The van der Waals surface area contributed by atoms with Crippen molar-refractivity contribution in [3.63, 3.8) is 0 Å². The molecule has 1 aromatic carbocycles. The van der Waals surface area contributed by atoms with Crippen LogP contribution in [0.3, 0.4) is 0 Å². The van der Waals surface area contributed by atoms with Gasteiger partial charge in [0.1, 0.15) is 17.3 Å². The van der Waals surface area contributed by atoms with E-state index in [9.17, 15) is 22.8 Å². The summed E-state index contributed by atoms with van der Waals surface area (Å²) in [6, 6.07) is 0.838. The van der Waals surface area contributed by atoms with E-state index in [0.717, 1.165) is 24.6 Å². The number of ether oxygens (including phenoxy) is 10. The Morgan fingerprint density at radius 1 is 0.841 bits per heavy atom. The third kappa shape index (κ3) is 19.6. The Morgan fingerprint density at radius 3 is 2.07 bits per heavy atom. The van der Waals surface area contributed by atoms with E-state index in [2.05, 4.69) is 47.0 Å². The molecule has 2 aliphatic rings. The summed E-state index contributed by atoms with van der Waals surface area (Å²) in [7, 11) is 0. The van der Waals surface area contributed by atoms with E-state index in [-0.39, 0.29) is 62.3 Å². The van der Waals surface area contributed by atoms with Crippen LogP contribution >= 0.6 is 11.6 Å². The Bertz CT molecular complexity index is 2050. The lowest BCUT2D eigenvalue weighted by Crippen LogP contribution is -2.35. The zero-order valence-electron chi connectivity index (χ0n) is 38.8. The number of aromatic nitrogens is 4. The minimum Gasteiger partial charge on any atom is -0.420 e. The normalized spacial score (nSPS) is 17.5. The predicted octanol–water partition coefficient (Wildman–Crippen LogP) is 3.44. The molecule has 0 aliphatic carbocycles. The first-order valence-corrected chi connectivity index (χ1v) is 23.4. The first-order valence-electron chi connectivity index (χ1n) is 23.0. The zero-order valence-corrected chi connectivity index (χ0v) is 39.6. The fourth-order valence-electron chi connectivity index (χ4n) is 7.00. The molecular formula is C44H63ClF3N9O12. The van der Waals surface area contributed by atoms with Gasteiger partial charge in [-0.15, -0.1) is 0 Å². The number of hydrogen-bond acceptors (Lipinski definition) is 19. The van der Waals surface area contributed by atoms with Gasteiger partial charge in [0.05, 0.1) is 142 Å². The maximum Gasteiger partial charge on any atom is 0.313 e. The standard InChI is InChI=1S/C44H63ClF3N9O12/c1-2-34-3-4-38(68-34)57-42-35(28-52-57)41(53-44(45)54-42)56-9-5-31(29-56)43(59)51-8-12-62-15-18-65-21-22-66-23-24-67-30-33(55-49)27-50-7-11-61-14-17-64-20-19-63-16-13-60-10-6-39(58)69-40-36(47)25-32(46)26-37(40)48/h25-28,31,34,38H,2-24,29-30,49H2,1H3,(H,51,59)/b50-27?,55-33+. The molecule has 0 radical (unpaired) electrons. The summed E-state index contributed by atoms with van der Waals surface area (Å²) in [4.78, 5) is 39.9. The van der Waals surface area contributed by atoms with Gasteiger partial charge in [0.2, 0.25) is 16.9 Å². The van der Waals surface area contributed by atoms with Gasteiger partial charge < -0.3 is 63.4 Å². The molecule has 1 amide bonds. The Kier molecular flexibility index (Phi) is 25.3. The number of carbonyl (C=O) groups excluding carboxylic acids is 2. The molecule has 5 rings (SSSR count). The lowest BCUT2D eigenvalue weighted by molar-refractivity contribution is -0.136. The average Bonchev–Trinajstić information content (AvgIpc) is 4.12. The van der Waals surface area contributed by atoms with Gasteiger partial charge in [0.15, 0.2) is 23.5 Å². The predicted molar refractivity (Wildman–Crippen MR) is 245 cm³/mol. The number of esters is 1. The molecule has 4 heterocycles. The SMILES string of the molecule is CCC1CCC(n2ncc3c(N4CCC(C(=O)NCCOCCOCCOCCOC/C(C=NCCOCCOCCOCCOCCC(=O)Oc5c(F)cc(F)cc5F)=N/N)C4)nc(Cl)nc32)O1. The number of amides is 1. The third-order valence-electron chi connectivity index (χ3n) is 10.5. The van der Waals surface area contributed by atoms with E-state index in [4.69, 9.17) is 60.1 Å². The van der Waals surface area contributed by atoms with E-state index in [1.807, 2.05) is 0 Å². The van der Waals surface area contributed by atoms with E-state index in [1.54, 1.807) is 10.9 Å². The molecule has 3 unspecified atom stereocenters. The van der Waals surface area contributed by atoms with Crippen LogP contribution in [-0.2, 0) is 52.2 Å². The molecule has 21 nitrogen and oxygen atoms in total. The van der Waals surface area contributed by atoms with Crippen LogP contribution in [-0.4, -0.2) is 182 Å². The van der Waals surface area contributed by atoms with Crippen molar-refractivity contribution in [1.29, 1.82) is 0 Å². The number of aliphatic imine (C=N–C) groups is 1. The van der Waals surface area contributed by atoms with Crippen LogP contribution in [0.4, 0.5) is 19.0 Å². The van der Waals surface area contributed by atoms with Crippen molar-refractivity contribution >= 4 is 52.3 Å². The third-order valence-corrected chi connectivity index (χ3v) is 10.7. The zero-order chi connectivity index (χ0) is 49.1. The Morgan fingerprint density at radius 2 is 1.45 bits per heavy atom. The van der Waals surface area contributed by atoms with Crippen LogP contribution < -0.4 is 20.8 Å². The monoisotopic (exact) mass is 1000 g/mol. The Hall–Kier alpha value is -4.63. The van der Waals surface area contributed by atoms with Gasteiger partial charge in [-0.05, 0) is 37.3 Å². The van der Waals surface area contributed by atoms with Gasteiger partial charge in [-0.2, -0.15) is 20.2 Å². The quantitative estimate of drug-likeness (QED) is 0.0163. The topological polar surface area (TPSA) is 236 Å². The first-order chi connectivity index (χ1) is 33.7. The van der Waals surface area contributed by atoms with Crippen LogP contribution in [0.1, 0.15) is 45.3 Å². The number of carbonyl (C=O) groups is 2. The first kappa shape index (κ1) is 55.3. The highest BCUT2D eigenvalue weighted by atomic mass is 35.5. The van der Waals surface area contributed by atoms with Gasteiger partial charge in [0, 0.05) is 38.0 Å². The number of rotatable bonds is 35. The molecule has 25 heteroatoms. The smallest absolute Gasteiger partial charge is 0.313 e. The highest BCUT2D eigenvalue weighted by Crippen LogP contribution is 2.35. The number of benzene rings is 1. The fraction of sp³-hybridized carbons (Fsp3) is 0.659. The summed E-state index contributed by atoms with van der Waals surface area (Å²) in [6.45, 7) is 8.92. The van der Waals surface area contributed by atoms with Crippen LogP contribution in [0, 0.1) is 23.4 Å². The van der Waals surface area contributed by atoms with Crippen LogP contribution in [0.15, 0.2) is 28.4 Å². The van der Waals surface area contributed by atoms with Crippen molar-refractivity contribution in [3.8, 4) is 5.75 Å². The van der Waals surface area contributed by atoms with E-state index >= 15 is 0 Å². The molecule has 2 aromatic heterocycles. The number of nitrogens with one attached hydrogen (secondary N) is 1. The maximum absolute atomic E-state index is 13.6. The molecule has 3 atom stereocenters. The molecule has 69 heavy (non-hydrogen) atoms. The Labute approximate surface area is 403 Å². The molecule has 3 N–H and O–H groups in total. The summed E-state index contributed by atoms with van der Waals surface area (Å²) in [5.74, 6) is 0.268. The van der Waals surface area contributed by atoms with Crippen molar-refractivity contribution in [3.05, 3.63) is 41.1 Å². The largest absolute Gasteiger partial charge is 0.420 e. The second kappa shape index (κ2) is 31.6. The van der Waals surface area contributed by atoms with Gasteiger partial charge in [-0.1, -0.05) is 6.92 Å². The summed E-state index contributed by atoms with van der Waals surface area (Å²) in [6.07, 6.45) is 6.51. The fourth-order valence-corrected chi connectivity index (χ4v) is 7.16. The van der Waals surface area contributed by atoms with Crippen molar-refractivity contribution in [1.82, 2.24) is 25.1 Å². The molecule has 3 aromatic rings. The van der Waals surface area contributed by atoms with Gasteiger partial charge >= 0.3 is 5.97 Å². The number of anilines is 1. The molecule has 2 saturated heterocycles. The molecule has 0 bridgehead atoms. The van der Waals surface area contributed by atoms with E-state index in [0.29, 0.717) is 141 Å². The molecule has 384 valence electrons. The van der Waals surface area contributed by atoms with Crippen molar-refractivity contribution in [2.75, 3.05) is 137 Å². The summed E-state index contributed by atoms with van der Waals surface area (Å²) < 4.78 is 96.4. The number of fused-ring (bicyclic) bond motifs is 1. The lowest BCUT2D eigenvalue weighted by Gasteiger charge is -2.19. The summed E-state index contributed by atoms with van der Waals surface area (Å²) in [5.41, 5.74) is 1.10. The molecule has 0 saturated carbocycles. The van der Waals surface area contributed by atoms with Gasteiger partial charge in [-0.25, -0.2) is 17.9 Å². The molecule has 2 aliphatic heterocycles. The Balaban J connectivity index is 0.754. The highest BCUT2D eigenvalue weighted by Gasteiger charge is 2.32. The second-order valence-corrected chi connectivity index (χ2v) is 15.8. The van der Waals surface area contributed by atoms with Gasteiger partial charge in [-0.3, -0.25) is 14.6 Å². The minimum atomic E-state index is -1.31. The van der Waals surface area contributed by atoms with E-state index in [1.165, 1.54) is 6.21 Å². The number of halogens is 4. The number of hydrazone groups is 1. The van der Waals surface area contributed by atoms with Crippen molar-refractivity contribution in [2.45, 2.75) is 51.4 Å².